The highest BCUT2D eigenvalue weighted by molar-refractivity contribution is 9.10. The fourth-order valence-corrected chi connectivity index (χ4v) is 3.91. The van der Waals surface area contributed by atoms with Gasteiger partial charge in [0.1, 0.15) is 0 Å². The summed E-state index contributed by atoms with van der Waals surface area (Å²) in [7, 11) is -3.48. The lowest BCUT2D eigenvalue weighted by atomic mass is 10.1. The summed E-state index contributed by atoms with van der Waals surface area (Å²) in [4.78, 5) is 0.289. The Labute approximate surface area is 116 Å². The van der Waals surface area contributed by atoms with Gasteiger partial charge in [0.05, 0.1) is 11.0 Å². The first-order chi connectivity index (χ1) is 8.41. The minimum Gasteiger partial charge on any atom is -0.392 e. The van der Waals surface area contributed by atoms with Gasteiger partial charge in [-0.3, -0.25) is 0 Å². The first-order valence-corrected chi connectivity index (χ1v) is 8.09. The molecule has 0 saturated carbocycles. The second-order valence-electron chi connectivity index (χ2n) is 4.57. The van der Waals surface area contributed by atoms with Crippen LogP contribution < -0.4 is 0 Å². The summed E-state index contributed by atoms with van der Waals surface area (Å²) in [5.74, 6) is 0. The average molecular weight is 334 g/mol. The largest absolute Gasteiger partial charge is 0.392 e. The summed E-state index contributed by atoms with van der Waals surface area (Å²) in [6.07, 6.45) is 0.825. The predicted molar refractivity (Wildman–Crippen MR) is 72.9 cm³/mol. The summed E-state index contributed by atoms with van der Waals surface area (Å²) < 4.78 is 27.0. The molecule has 6 heteroatoms. The second-order valence-corrected chi connectivity index (χ2v) is 7.36. The van der Waals surface area contributed by atoms with Crippen LogP contribution in [0.15, 0.2) is 27.6 Å². The molecule has 0 radical (unpaired) electrons. The fraction of sp³-hybridized carbons (Fsp3) is 0.500. The van der Waals surface area contributed by atoms with E-state index in [1.807, 2.05) is 6.92 Å². The summed E-state index contributed by atoms with van der Waals surface area (Å²) in [6, 6.07) is 4.98. The van der Waals surface area contributed by atoms with Crippen LogP contribution in [0.1, 0.15) is 18.4 Å². The zero-order valence-electron chi connectivity index (χ0n) is 10.1. The molecule has 1 aliphatic rings. The molecule has 1 aromatic carbocycles. The summed E-state index contributed by atoms with van der Waals surface area (Å²) >= 11 is 3.35. The van der Waals surface area contributed by atoms with Crippen molar-refractivity contribution in [2.24, 2.45) is 0 Å². The molecule has 1 heterocycles. The Kier molecular flexibility index (Phi) is 4.11. The maximum atomic E-state index is 12.4. The van der Waals surface area contributed by atoms with Crippen LogP contribution >= 0.6 is 15.9 Å². The molecule has 100 valence electrons. The Hall–Kier alpha value is -0.430. The van der Waals surface area contributed by atoms with Gasteiger partial charge < -0.3 is 5.11 Å². The van der Waals surface area contributed by atoms with Gasteiger partial charge in [0, 0.05) is 17.6 Å². The van der Waals surface area contributed by atoms with E-state index in [0.29, 0.717) is 19.4 Å². The molecule has 18 heavy (non-hydrogen) atoms. The van der Waals surface area contributed by atoms with Crippen LogP contribution in [-0.4, -0.2) is 37.0 Å². The molecule has 0 unspecified atom stereocenters. The third-order valence-electron chi connectivity index (χ3n) is 3.13. The number of hydrogen-bond acceptors (Lipinski definition) is 3. The zero-order chi connectivity index (χ0) is 13.3. The van der Waals surface area contributed by atoms with E-state index in [4.69, 9.17) is 0 Å². The van der Waals surface area contributed by atoms with Crippen molar-refractivity contribution >= 4 is 26.0 Å². The average Bonchev–Trinajstić information content (AvgIpc) is 2.32. The molecule has 0 aromatic heterocycles. The van der Waals surface area contributed by atoms with Crippen LogP contribution in [-0.2, 0) is 10.0 Å². The van der Waals surface area contributed by atoms with Gasteiger partial charge in [0.25, 0.3) is 0 Å². The Bertz CT molecular complexity index is 544. The Morgan fingerprint density at radius 3 is 2.78 bits per heavy atom. The highest BCUT2D eigenvalue weighted by Crippen LogP contribution is 2.24. The van der Waals surface area contributed by atoms with Crippen LogP contribution in [0.25, 0.3) is 0 Å². The number of halogens is 1. The van der Waals surface area contributed by atoms with Crippen molar-refractivity contribution in [2.45, 2.75) is 30.8 Å². The van der Waals surface area contributed by atoms with Gasteiger partial charge in [-0.05, 0) is 43.5 Å². The number of aliphatic hydroxyl groups excluding tert-OH is 1. The monoisotopic (exact) mass is 333 g/mol. The normalized spacial score (nSPS) is 22.1. The SMILES string of the molecule is Cc1cc(S(=O)(=O)N2CCC[C@H](O)C2)ccc1Br. The Balaban J connectivity index is 2.32. The number of sulfonamides is 1. The van der Waals surface area contributed by atoms with Crippen molar-refractivity contribution in [3.63, 3.8) is 0 Å². The summed E-state index contributed by atoms with van der Waals surface area (Å²) in [5, 5.41) is 9.57. The lowest BCUT2D eigenvalue weighted by Crippen LogP contribution is -2.42. The Morgan fingerprint density at radius 2 is 2.17 bits per heavy atom. The van der Waals surface area contributed by atoms with Gasteiger partial charge in [-0.15, -0.1) is 0 Å². The van der Waals surface area contributed by atoms with Gasteiger partial charge in [-0.25, -0.2) is 8.42 Å². The summed E-state index contributed by atoms with van der Waals surface area (Å²) in [6.45, 7) is 2.53. The number of nitrogens with zero attached hydrogens (tertiary/aromatic N) is 1. The standard InChI is InChI=1S/C12H16BrNO3S/c1-9-7-11(4-5-12(9)13)18(16,17)14-6-2-3-10(15)8-14/h4-5,7,10,15H,2-3,6,8H2,1H3/t10-/m0/s1. The number of benzene rings is 1. The maximum Gasteiger partial charge on any atom is 0.243 e. The minimum atomic E-state index is -3.48. The highest BCUT2D eigenvalue weighted by atomic mass is 79.9. The molecule has 0 amide bonds. The van der Waals surface area contributed by atoms with E-state index >= 15 is 0 Å². The molecule has 1 aromatic rings. The second kappa shape index (κ2) is 5.28. The number of aliphatic hydroxyl groups is 1. The lowest BCUT2D eigenvalue weighted by Gasteiger charge is -2.29. The van der Waals surface area contributed by atoms with Crippen LogP contribution in [0.4, 0.5) is 0 Å². The topological polar surface area (TPSA) is 57.6 Å². The smallest absolute Gasteiger partial charge is 0.243 e. The molecule has 0 bridgehead atoms. The molecular weight excluding hydrogens is 318 g/mol. The molecule has 4 nitrogen and oxygen atoms in total. The van der Waals surface area contributed by atoms with E-state index in [1.165, 1.54) is 4.31 Å². The number of piperidine rings is 1. The number of aryl methyl sites for hydroxylation is 1. The van der Waals surface area contributed by atoms with E-state index in [0.717, 1.165) is 10.0 Å². The van der Waals surface area contributed by atoms with Gasteiger partial charge in [0.2, 0.25) is 10.0 Å². The lowest BCUT2D eigenvalue weighted by molar-refractivity contribution is 0.108. The van der Waals surface area contributed by atoms with E-state index in [1.54, 1.807) is 18.2 Å². The van der Waals surface area contributed by atoms with Crippen molar-refractivity contribution in [2.75, 3.05) is 13.1 Å². The molecule has 2 rings (SSSR count). The van der Waals surface area contributed by atoms with Crippen LogP contribution in [0.2, 0.25) is 0 Å². The third-order valence-corrected chi connectivity index (χ3v) is 5.88. The van der Waals surface area contributed by atoms with E-state index in [-0.39, 0.29) is 11.4 Å². The van der Waals surface area contributed by atoms with Crippen LogP contribution in [0.3, 0.4) is 0 Å². The molecule has 1 atom stereocenters. The third kappa shape index (κ3) is 2.77. The molecule has 0 aliphatic carbocycles. The minimum absolute atomic E-state index is 0.192. The highest BCUT2D eigenvalue weighted by Gasteiger charge is 2.29. The van der Waals surface area contributed by atoms with Crippen molar-refractivity contribution in [1.29, 1.82) is 0 Å². The van der Waals surface area contributed by atoms with E-state index in [2.05, 4.69) is 15.9 Å². The quantitative estimate of drug-likeness (QED) is 0.899. The predicted octanol–water partition coefficient (Wildman–Crippen LogP) is 1.90. The van der Waals surface area contributed by atoms with Crippen molar-refractivity contribution in [3.8, 4) is 0 Å². The zero-order valence-corrected chi connectivity index (χ0v) is 12.5. The molecule has 0 spiro atoms. The van der Waals surface area contributed by atoms with Crippen molar-refractivity contribution in [3.05, 3.63) is 28.2 Å². The fourth-order valence-electron chi connectivity index (χ4n) is 2.07. The molecule has 1 aliphatic heterocycles. The van der Waals surface area contributed by atoms with Gasteiger partial charge in [-0.2, -0.15) is 4.31 Å². The molecule has 1 saturated heterocycles. The Morgan fingerprint density at radius 1 is 1.44 bits per heavy atom. The van der Waals surface area contributed by atoms with Gasteiger partial charge >= 0.3 is 0 Å². The van der Waals surface area contributed by atoms with Crippen molar-refractivity contribution < 1.29 is 13.5 Å². The first-order valence-electron chi connectivity index (χ1n) is 5.85. The molecule has 1 fully saturated rings. The first kappa shape index (κ1) is 14.0. The summed E-state index contributed by atoms with van der Waals surface area (Å²) in [5.41, 5.74) is 0.883. The number of hydrogen-bond donors (Lipinski definition) is 1. The number of rotatable bonds is 2. The van der Waals surface area contributed by atoms with Gasteiger partial charge in [0.15, 0.2) is 0 Å². The van der Waals surface area contributed by atoms with E-state index < -0.39 is 16.1 Å². The number of β-amino-alcohol motifs (C(OH)–C–C–N with tert-alkyl or cyclic N) is 1. The van der Waals surface area contributed by atoms with E-state index in [9.17, 15) is 13.5 Å². The maximum absolute atomic E-state index is 12.4. The molecular formula is C12H16BrNO3S. The van der Waals surface area contributed by atoms with Crippen LogP contribution in [0.5, 0.6) is 0 Å². The van der Waals surface area contributed by atoms with Crippen LogP contribution in [0, 0.1) is 6.92 Å². The van der Waals surface area contributed by atoms with Crippen molar-refractivity contribution in [1.82, 2.24) is 4.31 Å². The van der Waals surface area contributed by atoms with Gasteiger partial charge in [-0.1, -0.05) is 15.9 Å². The molecule has 1 N–H and O–H groups in total.